The van der Waals surface area contributed by atoms with Crippen LogP contribution in [0, 0.1) is 23.2 Å². The first-order chi connectivity index (χ1) is 16.9. The van der Waals surface area contributed by atoms with Crippen LogP contribution in [-0.2, 0) is 0 Å². The van der Waals surface area contributed by atoms with Crippen molar-refractivity contribution in [2.24, 2.45) is 11.8 Å². The lowest BCUT2D eigenvalue weighted by Crippen LogP contribution is -2.21. The van der Waals surface area contributed by atoms with Crippen molar-refractivity contribution in [3.8, 4) is 23.1 Å². The molecule has 4 heterocycles. The molecule has 0 saturated heterocycles. The highest BCUT2D eigenvalue weighted by Crippen LogP contribution is 2.36. The van der Waals surface area contributed by atoms with E-state index in [1.165, 1.54) is 12.8 Å². The van der Waals surface area contributed by atoms with Crippen molar-refractivity contribution in [3.05, 3.63) is 48.5 Å². The number of aromatic nitrogens is 6. The second kappa shape index (κ2) is 9.49. The van der Waals surface area contributed by atoms with Gasteiger partial charge in [-0.2, -0.15) is 5.26 Å². The molecule has 0 radical (unpaired) electrons. The average molecular weight is 469 g/mol. The molecule has 0 aliphatic heterocycles. The number of nitrogens with one attached hydrogen (secondary N) is 1. The average Bonchev–Trinajstić information content (AvgIpc) is 3.51. The number of rotatable bonds is 6. The zero-order valence-corrected chi connectivity index (χ0v) is 20.8. The van der Waals surface area contributed by atoms with Crippen molar-refractivity contribution >= 4 is 16.7 Å². The molecule has 8 heteroatoms. The number of fused-ring (bicyclic) bond motifs is 1. The molecule has 4 aromatic rings. The van der Waals surface area contributed by atoms with Crippen molar-refractivity contribution < 1.29 is 0 Å². The summed E-state index contributed by atoms with van der Waals surface area (Å²) in [6.07, 6.45) is 12.3. The lowest BCUT2D eigenvalue weighted by atomic mass is 9.80. The van der Waals surface area contributed by atoms with E-state index in [1.54, 1.807) is 6.20 Å². The molecule has 1 saturated carbocycles. The minimum atomic E-state index is 0.239. The summed E-state index contributed by atoms with van der Waals surface area (Å²) in [6.45, 7) is 8.89. The van der Waals surface area contributed by atoms with Gasteiger partial charge in [0.2, 0.25) is 0 Å². The summed E-state index contributed by atoms with van der Waals surface area (Å²) in [6, 6.07) is 8.62. The van der Waals surface area contributed by atoms with Gasteiger partial charge in [0, 0.05) is 47.3 Å². The molecule has 5 rings (SSSR count). The quantitative estimate of drug-likeness (QED) is 0.386. The summed E-state index contributed by atoms with van der Waals surface area (Å²) in [5, 5.41) is 22.7. The highest BCUT2D eigenvalue weighted by Gasteiger charge is 2.25. The van der Waals surface area contributed by atoms with E-state index >= 15 is 0 Å². The number of hydrogen-bond donors (Lipinski definition) is 1. The molecule has 8 nitrogen and oxygen atoms in total. The molecule has 1 aliphatic carbocycles. The largest absolute Gasteiger partial charge is 0.382 e. The van der Waals surface area contributed by atoms with E-state index in [0.29, 0.717) is 11.6 Å². The molecule has 1 aliphatic rings. The minimum Gasteiger partial charge on any atom is -0.382 e. The van der Waals surface area contributed by atoms with Crippen molar-refractivity contribution in [1.82, 2.24) is 29.5 Å². The van der Waals surface area contributed by atoms with Gasteiger partial charge in [0.15, 0.2) is 0 Å². The van der Waals surface area contributed by atoms with Gasteiger partial charge in [-0.1, -0.05) is 19.1 Å². The maximum absolute atomic E-state index is 9.17. The lowest BCUT2D eigenvalue weighted by molar-refractivity contribution is 0.215. The monoisotopic (exact) mass is 468 g/mol. The number of anilines is 1. The fraction of sp³-hybridized carbons (Fsp3) is 0.444. The summed E-state index contributed by atoms with van der Waals surface area (Å²) in [7, 11) is 0. The van der Waals surface area contributed by atoms with E-state index in [1.807, 2.05) is 35.2 Å². The predicted molar refractivity (Wildman–Crippen MR) is 137 cm³/mol. The Balaban J connectivity index is 1.45. The summed E-state index contributed by atoms with van der Waals surface area (Å²) in [5.41, 5.74) is 4.02. The highest BCUT2D eigenvalue weighted by molar-refractivity contribution is 5.80. The van der Waals surface area contributed by atoms with Gasteiger partial charge in [0.25, 0.3) is 0 Å². The Kier molecular flexibility index (Phi) is 6.25. The Morgan fingerprint density at radius 3 is 2.57 bits per heavy atom. The smallest absolute Gasteiger partial charge is 0.145 e. The molecular weight excluding hydrogens is 436 g/mol. The molecule has 0 unspecified atom stereocenters. The van der Waals surface area contributed by atoms with E-state index in [2.05, 4.69) is 65.3 Å². The second-order valence-electron chi connectivity index (χ2n) is 10.2. The molecule has 0 amide bonds. The molecule has 180 valence electrons. The third-order valence-electron chi connectivity index (χ3n) is 7.08. The van der Waals surface area contributed by atoms with Crippen LogP contribution in [0.2, 0.25) is 0 Å². The SMILES string of the molecule is CC(C)Nc1cc(-n2ccc3cc(C#N)cnc32)ncc1-c1cn(C2CCC(C(C)C)CC2)nn1. The van der Waals surface area contributed by atoms with Crippen LogP contribution in [0.25, 0.3) is 28.1 Å². The Morgan fingerprint density at radius 1 is 1.06 bits per heavy atom. The third kappa shape index (κ3) is 4.63. The van der Waals surface area contributed by atoms with Gasteiger partial charge in [0.1, 0.15) is 23.2 Å². The van der Waals surface area contributed by atoms with Crippen LogP contribution in [0.5, 0.6) is 0 Å². The van der Waals surface area contributed by atoms with Gasteiger partial charge in [0.05, 0.1) is 17.8 Å². The van der Waals surface area contributed by atoms with Gasteiger partial charge in [-0.15, -0.1) is 5.10 Å². The van der Waals surface area contributed by atoms with Crippen molar-refractivity contribution in [2.45, 2.75) is 65.5 Å². The van der Waals surface area contributed by atoms with Gasteiger partial charge in [-0.05, 0) is 63.5 Å². The first-order valence-corrected chi connectivity index (χ1v) is 12.5. The molecule has 0 spiro atoms. The summed E-state index contributed by atoms with van der Waals surface area (Å²) < 4.78 is 3.99. The predicted octanol–water partition coefficient (Wildman–Crippen LogP) is 5.76. The van der Waals surface area contributed by atoms with Gasteiger partial charge < -0.3 is 5.32 Å². The highest BCUT2D eigenvalue weighted by atomic mass is 15.4. The number of hydrogen-bond acceptors (Lipinski definition) is 6. The van der Waals surface area contributed by atoms with E-state index < -0.39 is 0 Å². The lowest BCUT2D eigenvalue weighted by Gasteiger charge is -2.30. The minimum absolute atomic E-state index is 0.239. The van der Waals surface area contributed by atoms with E-state index in [-0.39, 0.29) is 6.04 Å². The maximum Gasteiger partial charge on any atom is 0.145 e. The number of pyridine rings is 2. The zero-order valence-electron chi connectivity index (χ0n) is 20.8. The topological polar surface area (TPSA) is 97.2 Å². The zero-order chi connectivity index (χ0) is 24.5. The molecule has 0 aromatic carbocycles. The van der Waals surface area contributed by atoms with Crippen LogP contribution in [0.15, 0.2) is 43.0 Å². The van der Waals surface area contributed by atoms with Gasteiger partial charge in [-0.25, -0.2) is 14.6 Å². The van der Waals surface area contributed by atoms with Crippen LogP contribution in [0.3, 0.4) is 0 Å². The van der Waals surface area contributed by atoms with Crippen LogP contribution in [-0.4, -0.2) is 35.6 Å². The van der Waals surface area contributed by atoms with Crippen molar-refractivity contribution in [1.29, 1.82) is 5.26 Å². The van der Waals surface area contributed by atoms with Gasteiger partial charge in [-0.3, -0.25) is 4.57 Å². The fourth-order valence-electron chi connectivity index (χ4n) is 5.09. The Morgan fingerprint density at radius 2 is 1.86 bits per heavy atom. The molecule has 0 atom stereocenters. The van der Waals surface area contributed by atoms with E-state index in [9.17, 15) is 0 Å². The normalized spacial score (nSPS) is 18.3. The van der Waals surface area contributed by atoms with E-state index in [4.69, 9.17) is 10.2 Å². The van der Waals surface area contributed by atoms with Crippen molar-refractivity contribution in [2.75, 3.05) is 5.32 Å². The summed E-state index contributed by atoms with van der Waals surface area (Å²) in [4.78, 5) is 9.24. The number of nitrogens with zero attached hydrogens (tertiary/aromatic N) is 7. The molecule has 0 bridgehead atoms. The molecule has 35 heavy (non-hydrogen) atoms. The van der Waals surface area contributed by atoms with Crippen molar-refractivity contribution in [3.63, 3.8) is 0 Å². The fourth-order valence-corrected chi connectivity index (χ4v) is 5.09. The standard InChI is InChI=1S/C27H32N8/c1-17(2)20-5-7-22(8-6-20)35-16-25(32-33-35)23-15-29-26(12-24(23)31-18(3)4)34-10-9-21-11-19(13-28)14-30-27(21)34/h9-12,14-18,20,22H,5-8H2,1-4H3,(H,29,31). The molecular formula is C27H32N8. The number of nitriles is 1. The van der Waals surface area contributed by atoms with E-state index in [0.717, 1.165) is 58.5 Å². The van der Waals surface area contributed by atoms with Gasteiger partial charge >= 0.3 is 0 Å². The van der Waals surface area contributed by atoms with Crippen LogP contribution >= 0.6 is 0 Å². The Labute approximate surface area is 206 Å². The molecule has 1 fully saturated rings. The maximum atomic E-state index is 9.17. The summed E-state index contributed by atoms with van der Waals surface area (Å²) >= 11 is 0. The second-order valence-corrected chi connectivity index (χ2v) is 10.2. The molecule has 4 aromatic heterocycles. The molecule has 1 N–H and O–H groups in total. The van der Waals surface area contributed by atoms with Crippen LogP contribution in [0.1, 0.15) is 65.0 Å². The Hall–Kier alpha value is -3.73. The van der Waals surface area contributed by atoms with Crippen LogP contribution < -0.4 is 5.32 Å². The first-order valence-electron chi connectivity index (χ1n) is 12.5. The Bertz CT molecular complexity index is 1370. The van der Waals surface area contributed by atoms with Crippen LogP contribution in [0.4, 0.5) is 5.69 Å². The summed E-state index contributed by atoms with van der Waals surface area (Å²) in [5.74, 6) is 2.32. The first kappa shape index (κ1) is 23.0. The third-order valence-corrected chi connectivity index (χ3v) is 7.08.